The highest BCUT2D eigenvalue weighted by Gasteiger charge is 2.16. The summed E-state index contributed by atoms with van der Waals surface area (Å²) in [5.74, 6) is 1.27. The second-order valence-electron chi connectivity index (χ2n) is 6.15. The van der Waals surface area contributed by atoms with E-state index in [2.05, 4.69) is 79.8 Å². The summed E-state index contributed by atoms with van der Waals surface area (Å²) in [5, 5.41) is 5.46. The number of hydrogen-bond donors (Lipinski definition) is 2. The molecule has 0 aromatic heterocycles. The molecule has 35 heavy (non-hydrogen) atoms. The largest absolute Gasteiger partial charge is 0.482 e. The molecule has 6 nitrogen and oxygen atoms in total. The lowest BCUT2D eigenvalue weighted by Crippen LogP contribution is -2.25. The van der Waals surface area contributed by atoms with Crippen LogP contribution in [0.25, 0.3) is 0 Å². The fourth-order valence-corrected chi connectivity index (χ4v) is 3.23. The maximum atomic E-state index is 11.0. The number of benzene rings is 2. The Balaban J connectivity index is 0.000000264. The van der Waals surface area contributed by atoms with Crippen molar-refractivity contribution in [2.24, 2.45) is 0 Å². The quantitative estimate of drug-likeness (QED) is 0.334. The highest BCUT2D eigenvalue weighted by atomic mass is 79.9. The lowest BCUT2D eigenvalue weighted by molar-refractivity contribution is -0.119. The highest BCUT2D eigenvalue weighted by molar-refractivity contribution is 9.10. The van der Waals surface area contributed by atoms with Gasteiger partial charge in [-0.3, -0.25) is 9.59 Å². The second kappa shape index (κ2) is 15.8. The molecular weight excluding hydrogens is 528 g/mol. The number of hydrogen-bond acceptors (Lipinski definition) is 5. The van der Waals surface area contributed by atoms with Gasteiger partial charge in [-0.15, -0.1) is 11.8 Å². The third-order valence-electron chi connectivity index (χ3n) is 3.82. The Bertz CT molecular complexity index is 1310. The van der Waals surface area contributed by atoms with Gasteiger partial charge in [0.15, 0.2) is 13.2 Å². The molecule has 4 rings (SSSR count). The smallest absolute Gasteiger partial charge is 0.262 e. The van der Waals surface area contributed by atoms with Crippen molar-refractivity contribution in [2.75, 3.05) is 30.1 Å². The van der Waals surface area contributed by atoms with Gasteiger partial charge in [-0.05, 0) is 84.5 Å². The van der Waals surface area contributed by atoms with Gasteiger partial charge in [0.05, 0.1) is 11.4 Å². The first-order valence-electron chi connectivity index (χ1n) is 9.59. The number of rotatable bonds is 1. The Morgan fingerprint density at radius 1 is 0.829 bits per heavy atom. The van der Waals surface area contributed by atoms with Crippen LogP contribution in [0.2, 0.25) is 0 Å². The summed E-state index contributed by atoms with van der Waals surface area (Å²) in [6, 6.07) is 11.3. The van der Waals surface area contributed by atoms with Crippen LogP contribution < -0.4 is 20.1 Å². The molecule has 2 aliphatic heterocycles. The summed E-state index contributed by atoms with van der Waals surface area (Å²) >= 11 is 4.94. The fraction of sp³-hybridized carbons (Fsp3) is 0.148. The van der Waals surface area contributed by atoms with Crippen LogP contribution in [-0.4, -0.2) is 31.3 Å². The molecule has 0 unspecified atom stereocenters. The third-order valence-corrected chi connectivity index (χ3v) is 5.04. The van der Waals surface area contributed by atoms with Crippen LogP contribution in [0.3, 0.4) is 0 Å². The molecule has 0 saturated carbocycles. The van der Waals surface area contributed by atoms with Gasteiger partial charge in [-0.2, -0.15) is 0 Å². The highest BCUT2D eigenvalue weighted by Crippen LogP contribution is 2.31. The van der Waals surface area contributed by atoms with Crippen molar-refractivity contribution in [1.82, 2.24) is 0 Å². The Morgan fingerprint density at radius 3 is 1.83 bits per heavy atom. The molecule has 2 heterocycles. The number of anilines is 2. The fourth-order valence-electron chi connectivity index (χ4n) is 2.43. The Hall–Kier alpha value is -3.99. The van der Waals surface area contributed by atoms with E-state index in [4.69, 9.17) is 9.47 Å². The Kier molecular flexibility index (Phi) is 13.1. The average molecular weight is 551 g/mol. The topological polar surface area (TPSA) is 76.7 Å². The van der Waals surface area contributed by atoms with Crippen LogP contribution in [0.15, 0.2) is 99.0 Å². The van der Waals surface area contributed by atoms with Crippen LogP contribution in [0.5, 0.6) is 11.5 Å². The van der Waals surface area contributed by atoms with Gasteiger partial charge in [0.1, 0.15) is 11.5 Å². The zero-order valence-electron chi connectivity index (χ0n) is 18.2. The van der Waals surface area contributed by atoms with Crippen molar-refractivity contribution >= 4 is 50.9 Å². The van der Waals surface area contributed by atoms with Gasteiger partial charge in [0.25, 0.3) is 11.8 Å². The van der Waals surface area contributed by atoms with E-state index in [1.807, 2.05) is 42.7 Å². The van der Waals surface area contributed by atoms with Gasteiger partial charge >= 0.3 is 0 Å². The molecular formula is C27H23BrN2O4S. The van der Waals surface area contributed by atoms with E-state index in [9.17, 15) is 9.59 Å². The summed E-state index contributed by atoms with van der Waals surface area (Å²) in [6.07, 6.45) is 1.99. The molecule has 2 aromatic carbocycles. The first-order valence-corrected chi connectivity index (χ1v) is 11.6. The molecule has 2 aliphatic rings. The van der Waals surface area contributed by atoms with E-state index in [0.717, 1.165) is 32.2 Å². The van der Waals surface area contributed by atoms with Crippen LogP contribution in [0.1, 0.15) is 7.43 Å². The first-order chi connectivity index (χ1) is 16.5. The molecule has 2 aromatic rings. The number of nitrogens with one attached hydrogen (secondary N) is 2. The Morgan fingerprint density at radius 2 is 1.31 bits per heavy atom. The molecule has 2 amide bonds. The van der Waals surface area contributed by atoms with Crippen molar-refractivity contribution in [3.63, 3.8) is 0 Å². The van der Waals surface area contributed by atoms with Crippen LogP contribution in [0.4, 0.5) is 11.4 Å². The Labute approximate surface area is 217 Å². The summed E-state index contributed by atoms with van der Waals surface area (Å²) < 4.78 is 11.3. The minimum Gasteiger partial charge on any atom is -0.482 e. The van der Waals surface area contributed by atoms with Gasteiger partial charge in [0.2, 0.25) is 0 Å². The van der Waals surface area contributed by atoms with Gasteiger partial charge in [-0.1, -0.05) is 34.8 Å². The van der Waals surface area contributed by atoms with Crippen molar-refractivity contribution in [3.8, 4) is 11.5 Å². The number of thioether (sulfide) groups is 1. The van der Waals surface area contributed by atoms with Gasteiger partial charge < -0.3 is 20.1 Å². The molecule has 8 heteroatoms. The van der Waals surface area contributed by atoms with Crippen molar-refractivity contribution in [2.45, 2.75) is 12.3 Å². The molecule has 0 bridgehead atoms. The summed E-state index contributed by atoms with van der Waals surface area (Å²) in [5.41, 5.74) is 18.5. The minimum atomic E-state index is -0.111. The minimum absolute atomic E-state index is 0. The number of fused-ring (bicyclic) bond motifs is 2. The van der Waals surface area contributed by atoms with E-state index in [1.54, 1.807) is 11.8 Å². The molecule has 0 spiro atoms. The predicted molar refractivity (Wildman–Crippen MR) is 143 cm³/mol. The van der Waals surface area contributed by atoms with E-state index < -0.39 is 0 Å². The molecule has 0 aliphatic carbocycles. The average Bonchev–Trinajstić information content (AvgIpc) is 2.84. The van der Waals surface area contributed by atoms with Crippen molar-refractivity contribution in [1.29, 1.82) is 0 Å². The maximum Gasteiger partial charge on any atom is 0.262 e. The number of carbonyl (C=O) groups excluding carboxylic acids is 2. The zero-order chi connectivity index (χ0) is 24.8. The number of halogens is 1. The maximum absolute atomic E-state index is 11.0. The van der Waals surface area contributed by atoms with E-state index >= 15 is 0 Å². The van der Waals surface area contributed by atoms with Crippen LogP contribution in [-0.2, 0) is 9.59 Å². The monoisotopic (exact) mass is 550 g/mol. The zero-order valence-corrected chi connectivity index (χ0v) is 20.6. The van der Waals surface area contributed by atoms with Crippen LogP contribution in [0, 0.1) is 0 Å². The number of amides is 2. The SMILES string of the molecule is C.C=C=C=C=C=C=C=C=C.CSc1ccc2c(c1)NC(=O)CO2.O=C1COc2ccc(Br)cc2N1. The summed E-state index contributed by atoms with van der Waals surface area (Å²) in [6.45, 7) is 6.75. The summed E-state index contributed by atoms with van der Waals surface area (Å²) in [7, 11) is 0. The first kappa shape index (κ1) is 29.0. The molecule has 2 N–H and O–H groups in total. The molecule has 0 fully saturated rings. The number of ether oxygens (including phenoxy) is 2. The standard InChI is InChI=1S/C9H9NO2S.C9H4.C8H6BrNO2.CH4/c1-13-6-2-3-8-7(4-6)10-9(11)5-12-8;1-3-5-7-9-8-6-4-2;9-5-1-2-7-6(3-5)10-8(11)4-12-7;/h2-4H,5H2,1H3,(H,10,11);1-2H2;1-3H,4H2,(H,10,11);1H4. The van der Waals surface area contributed by atoms with Crippen LogP contribution >= 0.6 is 27.7 Å². The second-order valence-corrected chi connectivity index (χ2v) is 7.95. The summed E-state index contributed by atoms with van der Waals surface area (Å²) in [4.78, 5) is 23.0. The van der Waals surface area contributed by atoms with Crippen molar-refractivity contribution < 1.29 is 19.1 Å². The molecule has 0 saturated heterocycles. The predicted octanol–water partition coefficient (Wildman–Crippen LogP) is 6.04. The lowest BCUT2D eigenvalue weighted by Gasteiger charge is -2.17. The van der Waals surface area contributed by atoms with E-state index in [0.29, 0.717) is 0 Å². The van der Waals surface area contributed by atoms with Gasteiger partial charge in [-0.25, -0.2) is 0 Å². The molecule has 0 radical (unpaired) electrons. The van der Waals surface area contributed by atoms with Gasteiger partial charge in [0, 0.05) is 9.37 Å². The molecule has 178 valence electrons. The molecule has 0 atom stereocenters. The number of carbonyl (C=O) groups is 2. The van der Waals surface area contributed by atoms with Crippen molar-refractivity contribution in [3.05, 3.63) is 94.1 Å². The van der Waals surface area contributed by atoms with E-state index in [1.165, 1.54) is 0 Å². The lowest BCUT2D eigenvalue weighted by atomic mass is 10.2. The third kappa shape index (κ3) is 10.2. The normalized spacial score (nSPS) is 11.3. The van der Waals surface area contributed by atoms with E-state index in [-0.39, 0.29) is 32.5 Å².